The van der Waals surface area contributed by atoms with Crippen LogP contribution in [0.2, 0.25) is 0 Å². The number of aromatic nitrogens is 2. The second-order valence-electron chi connectivity index (χ2n) is 4.54. The number of nitrogens with one attached hydrogen (secondary N) is 1. The Labute approximate surface area is 121 Å². The molecule has 0 saturated carbocycles. The minimum atomic E-state index is 0.839. The van der Waals surface area contributed by atoms with Gasteiger partial charge in [0.05, 0.1) is 17.3 Å². The lowest BCUT2D eigenvalue weighted by atomic mass is 10.2. The van der Waals surface area contributed by atoms with Gasteiger partial charge in [0, 0.05) is 10.6 Å². The SMILES string of the molecule is COc1ccc(Nc2ncnc3c(C)c(C)sc23)cc1. The number of nitrogens with zero attached hydrogens (tertiary/aromatic N) is 2. The highest BCUT2D eigenvalue weighted by atomic mass is 32.1. The first kappa shape index (κ1) is 12.9. The van der Waals surface area contributed by atoms with Gasteiger partial charge < -0.3 is 10.1 Å². The highest BCUT2D eigenvalue weighted by molar-refractivity contribution is 7.19. The fraction of sp³-hybridized carbons (Fsp3) is 0.200. The smallest absolute Gasteiger partial charge is 0.151 e. The molecular weight excluding hydrogens is 270 g/mol. The van der Waals surface area contributed by atoms with Crippen LogP contribution in [0.15, 0.2) is 30.6 Å². The third kappa shape index (κ3) is 2.20. The normalized spacial score (nSPS) is 10.8. The number of aryl methyl sites for hydroxylation is 2. The molecule has 0 radical (unpaired) electrons. The summed E-state index contributed by atoms with van der Waals surface area (Å²) in [6, 6.07) is 7.79. The molecule has 2 aromatic heterocycles. The fourth-order valence-electron chi connectivity index (χ4n) is 2.03. The Bertz CT molecular complexity index is 750. The highest BCUT2D eigenvalue weighted by Crippen LogP contribution is 2.33. The van der Waals surface area contributed by atoms with Crippen LogP contribution in [-0.4, -0.2) is 17.1 Å². The first-order chi connectivity index (χ1) is 9.69. The van der Waals surface area contributed by atoms with E-state index in [0.29, 0.717) is 0 Å². The van der Waals surface area contributed by atoms with Crippen molar-refractivity contribution in [3.8, 4) is 5.75 Å². The number of rotatable bonds is 3. The van der Waals surface area contributed by atoms with Crippen LogP contribution in [-0.2, 0) is 0 Å². The number of benzene rings is 1. The molecule has 20 heavy (non-hydrogen) atoms. The van der Waals surface area contributed by atoms with Gasteiger partial charge in [0.1, 0.15) is 12.1 Å². The molecule has 3 rings (SSSR count). The molecule has 0 aliphatic heterocycles. The number of ether oxygens (including phenoxy) is 1. The molecule has 0 aliphatic carbocycles. The van der Waals surface area contributed by atoms with Gasteiger partial charge in [-0.05, 0) is 43.7 Å². The van der Waals surface area contributed by atoms with Gasteiger partial charge in [-0.25, -0.2) is 9.97 Å². The maximum absolute atomic E-state index is 5.16. The highest BCUT2D eigenvalue weighted by Gasteiger charge is 2.11. The molecule has 0 saturated heterocycles. The van der Waals surface area contributed by atoms with Crippen LogP contribution in [0.4, 0.5) is 11.5 Å². The lowest BCUT2D eigenvalue weighted by Crippen LogP contribution is -1.94. The number of anilines is 2. The predicted molar refractivity (Wildman–Crippen MR) is 83.2 cm³/mol. The van der Waals surface area contributed by atoms with E-state index in [0.717, 1.165) is 27.5 Å². The molecule has 1 aromatic carbocycles. The fourth-order valence-corrected chi connectivity index (χ4v) is 3.09. The second kappa shape index (κ2) is 5.09. The summed E-state index contributed by atoms with van der Waals surface area (Å²) in [5, 5.41) is 3.34. The summed E-state index contributed by atoms with van der Waals surface area (Å²) in [4.78, 5) is 10.0. The maximum Gasteiger partial charge on any atom is 0.151 e. The van der Waals surface area contributed by atoms with Crippen LogP contribution in [0.5, 0.6) is 5.75 Å². The molecule has 0 atom stereocenters. The number of thiophene rings is 1. The van der Waals surface area contributed by atoms with E-state index in [-0.39, 0.29) is 0 Å². The average Bonchev–Trinajstić information content (AvgIpc) is 2.77. The maximum atomic E-state index is 5.16. The quantitative estimate of drug-likeness (QED) is 0.788. The van der Waals surface area contributed by atoms with Crippen molar-refractivity contribution in [2.45, 2.75) is 13.8 Å². The Morgan fingerprint density at radius 3 is 2.55 bits per heavy atom. The van der Waals surface area contributed by atoms with E-state index in [9.17, 15) is 0 Å². The van der Waals surface area contributed by atoms with Gasteiger partial charge in [0.2, 0.25) is 0 Å². The van der Waals surface area contributed by atoms with Crippen molar-refractivity contribution in [1.29, 1.82) is 0 Å². The zero-order chi connectivity index (χ0) is 14.1. The molecule has 5 heteroatoms. The van der Waals surface area contributed by atoms with E-state index in [1.807, 2.05) is 24.3 Å². The largest absolute Gasteiger partial charge is 0.497 e. The minimum Gasteiger partial charge on any atom is -0.497 e. The van der Waals surface area contributed by atoms with Gasteiger partial charge >= 0.3 is 0 Å². The van der Waals surface area contributed by atoms with Gasteiger partial charge in [0.15, 0.2) is 5.82 Å². The summed E-state index contributed by atoms with van der Waals surface area (Å²) < 4.78 is 6.25. The van der Waals surface area contributed by atoms with Crippen molar-refractivity contribution >= 4 is 33.1 Å². The molecule has 0 spiro atoms. The summed E-state index contributed by atoms with van der Waals surface area (Å²) in [5.41, 5.74) is 3.23. The van der Waals surface area contributed by atoms with Crippen LogP contribution < -0.4 is 10.1 Å². The topological polar surface area (TPSA) is 47.0 Å². The van der Waals surface area contributed by atoms with E-state index in [4.69, 9.17) is 4.74 Å². The molecular formula is C15H15N3OS. The van der Waals surface area contributed by atoms with Gasteiger partial charge in [-0.2, -0.15) is 0 Å². The molecule has 0 fully saturated rings. The molecule has 0 aliphatic rings. The van der Waals surface area contributed by atoms with Crippen LogP contribution in [0.1, 0.15) is 10.4 Å². The van der Waals surface area contributed by atoms with Crippen molar-refractivity contribution in [2.24, 2.45) is 0 Å². The first-order valence-electron chi connectivity index (χ1n) is 6.31. The summed E-state index contributed by atoms with van der Waals surface area (Å²) in [7, 11) is 1.66. The number of hydrogen-bond acceptors (Lipinski definition) is 5. The zero-order valence-corrected chi connectivity index (χ0v) is 12.4. The number of hydrogen-bond donors (Lipinski definition) is 1. The van der Waals surface area contributed by atoms with E-state index in [1.165, 1.54) is 10.4 Å². The Kier molecular flexibility index (Phi) is 3.28. The van der Waals surface area contributed by atoms with Crippen LogP contribution in [0, 0.1) is 13.8 Å². The van der Waals surface area contributed by atoms with Crippen LogP contribution in [0.25, 0.3) is 10.2 Å². The van der Waals surface area contributed by atoms with Crippen LogP contribution in [0.3, 0.4) is 0 Å². The summed E-state index contributed by atoms with van der Waals surface area (Å²) in [6.45, 7) is 4.21. The van der Waals surface area contributed by atoms with E-state index < -0.39 is 0 Å². The third-order valence-corrected chi connectivity index (χ3v) is 4.50. The predicted octanol–water partition coefficient (Wildman–Crippen LogP) is 4.06. The van der Waals surface area contributed by atoms with Crippen LogP contribution >= 0.6 is 11.3 Å². The molecule has 0 unspecified atom stereocenters. The average molecular weight is 285 g/mol. The van der Waals surface area contributed by atoms with Crippen molar-refractivity contribution in [2.75, 3.05) is 12.4 Å². The van der Waals surface area contributed by atoms with Crippen molar-refractivity contribution in [3.63, 3.8) is 0 Å². The summed E-state index contributed by atoms with van der Waals surface area (Å²) >= 11 is 1.72. The Hall–Kier alpha value is -2.14. The van der Waals surface area contributed by atoms with E-state index in [2.05, 4.69) is 29.1 Å². The minimum absolute atomic E-state index is 0.839. The van der Waals surface area contributed by atoms with E-state index in [1.54, 1.807) is 24.8 Å². The standard InChI is InChI=1S/C15H15N3OS/c1-9-10(2)20-14-13(9)16-8-17-15(14)18-11-4-6-12(19-3)7-5-11/h4-8H,1-3H3,(H,16,17,18). The zero-order valence-electron chi connectivity index (χ0n) is 11.6. The number of methoxy groups -OCH3 is 1. The third-order valence-electron chi connectivity index (χ3n) is 3.30. The second-order valence-corrected chi connectivity index (χ2v) is 5.76. The van der Waals surface area contributed by atoms with Crippen molar-refractivity contribution < 1.29 is 4.74 Å². The molecule has 102 valence electrons. The molecule has 0 amide bonds. The Morgan fingerprint density at radius 1 is 1.10 bits per heavy atom. The summed E-state index contributed by atoms with van der Waals surface area (Å²) in [6.07, 6.45) is 1.60. The van der Waals surface area contributed by atoms with Gasteiger partial charge in [-0.1, -0.05) is 0 Å². The molecule has 0 bridgehead atoms. The molecule has 4 nitrogen and oxygen atoms in total. The monoisotopic (exact) mass is 285 g/mol. The molecule has 3 aromatic rings. The van der Waals surface area contributed by atoms with Crippen molar-refractivity contribution in [3.05, 3.63) is 41.0 Å². The molecule has 2 heterocycles. The van der Waals surface area contributed by atoms with Gasteiger partial charge in [-0.3, -0.25) is 0 Å². The lowest BCUT2D eigenvalue weighted by Gasteiger charge is -2.07. The van der Waals surface area contributed by atoms with E-state index >= 15 is 0 Å². The lowest BCUT2D eigenvalue weighted by molar-refractivity contribution is 0.415. The Morgan fingerprint density at radius 2 is 1.85 bits per heavy atom. The molecule has 1 N–H and O–H groups in total. The Balaban J connectivity index is 1.99. The number of fused-ring (bicyclic) bond motifs is 1. The summed E-state index contributed by atoms with van der Waals surface area (Å²) in [5.74, 6) is 1.69. The first-order valence-corrected chi connectivity index (χ1v) is 7.12. The van der Waals surface area contributed by atoms with Crippen molar-refractivity contribution in [1.82, 2.24) is 9.97 Å². The van der Waals surface area contributed by atoms with Gasteiger partial charge in [0.25, 0.3) is 0 Å². The van der Waals surface area contributed by atoms with Gasteiger partial charge in [-0.15, -0.1) is 11.3 Å².